The molecule has 0 saturated carbocycles. The zero-order valence-electron chi connectivity index (χ0n) is 11.5. The van der Waals surface area contributed by atoms with E-state index < -0.39 is 0 Å². The number of likely N-dealkylation sites (N-methyl/N-ethyl adjacent to an activating group) is 1. The van der Waals surface area contributed by atoms with Crippen LogP contribution in [0.15, 0.2) is 18.2 Å². The Morgan fingerprint density at radius 2 is 2.21 bits per heavy atom. The SMILES string of the molecule is CN1CCc2cc(C(=O)NCCCCCO)ccc21. The van der Waals surface area contributed by atoms with Crippen LogP contribution in [0.1, 0.15) is 35.2 Å². The summed E-state index contributed by atoms with van der Waals surface area (Å²) in [4.78, 5) is 14.2. The fraction of sp³-hybridized carbons (Fsp3) is 0.533. The third kappa shape index (κ3) is 3.47. The summed E-state index contributed by atoms with van der Waals surface area (Å²) in [6.07, 6.45) is 3.69. The Hall–Kier alpha value is -1.55. The Kier molecular flexibility index (Phi) is 4.80. The molecular formula is C15H22N2O2. The summed E-state index contributed by atoms with van der Waals surface area (Å²) in [5, 5.41) is 11.6. The van der Waals surface area contributed by atoms with E-state index in [1.165, 1.54) is 11.3 Å². The standard InChI is InChI=1S/C15H22N2O2/c1-17-9-7-12-11-13(5-6-14(12)17)15(19)16-8-3-2-4-10-18/h5-6,11,18H,2-4,7-10H2,1H3,(H,16,19). The number of rotatable bonds is 6. The lowest BCUT2D eigenvalue weighted by atomic mass is 10.1. The molecule has 4 heteroatoms. The minimum atomic E-state index is 0.00125. The number of unbranched alkanes of at least 4 members (excludes halogenated alkanes) is 2. The highest BCUT2D eigenvalue weighted by atomic mass is 16.2. The number of carbonyl (C=O) groups is 1. The molecule has 4 nitrogen and oxygen atoms in total. The van der Waals surface area contributed by atoms with Gasteiger partial charge in [-0.25, -0.2) is 0 Å². The average molecular weight is 262 g/mol. The van der Waals surface area contributed by atoms with Gasteiger partial charge in [-0.3, -0.25) is 4.79 Å². The second-order valence-electron chi connectivity index (χ2n) is 5.06. The molecule has 0 aromatic heterocycles. The highest BCUT2D eigenvalue weighted by Gasteiger charge is 2.17. The van der Waals surface area contributed by atoms with Crippen LogP contribution in [0.5, 0.6) is 0 Å². The molecule has 1 aromatic rings. The van der Waals surface area contributed by atoms with Crippen LogP contribution in [0.2, 0.25) is 0 Å². The quantitative estimate of drug-likeness (QED) is 0.765. The molecule has 1 heterocycles. The molecule has 1 amide bonds. The number of hydrogen-bond donors (Lipinski definition) is 2. The van der Waals surface area contributed by atoms with Gasteiger partial charge in [0, 0.05) is 38.0 Å². The number of nitrogens with zero attached hydrogens (tertiary/aromatic N) is 1. The molecule has 1 aromatic carbocycles. The number of aliphatic hydroxyl groups excluding tert-OH is 1. The largest absolute Gasteiger partial charge is 0.396 e. The highest BCUT2D eigenvalue weighted by molar-refractivity contribution is 5.95. The minimum absolute atomic E-state index is 0.00125. The maximum absolute atomic E-state index is 12.0. The summed E-state index contributed by atoms with van der Waals surface area (Å²) >= 11 is 0. The van der Waals surface area contributed by atoms with E-state index in [0.29, 0.717) is 6.54 Å². The first-order valence-electron chi connectivity index (χ1n) is 6.95. The maximum atomic E-state index is 12.0. The number of fused-ring (bicyclic) bond motifs is 1. The van der Waals surface area contributed by atoms with Crippen molar-refractivity contribution in [3.8, 4) is 0 Å². The molecule has 0 fully saturated rings. The van der Waals surface area contributed by atoms with E-state index in [4.69, 9.17) is 5.11 Å². The fourth-order valence-corrected chi connectivity index (χ4v) is 2.43. The van der Waals surface area contributed by atoms with Gasteiger partial charge in [-0.15, -0.1) is 0 Å². The molecule has 104 valence electrons. The van der Waals surface area contributed by atoms with Crippen molar-refractivity contribution >= 4 is 11.6 Å². The van der Waals surface area contributed by atoms with Gasteiger partial charge in [0.05, 0.1) is 0 Å². The van der Waals surface area contributed by atoms with Gasteiger partial charge in [0.1, 0.15) is 0 Å². The summed E-state index contributed by atoms with van der Waals surface area (Å²) in [5.74, 6) is 0.00125. The van der Waals surface area contributed by atoms with Gasteiger partial charge in [-0.2, -0.15) is 0 Å². The van der Waals surface area contributed by atoms with Crippen LogP contribution in [0.3, 0.4) is 0 Å². The molecule has 2 rings (SSSR count). The molecule has 2 N–H and O–H groups in total. The van der Waals surface area contributed by atoms with Crippen molar-refractivity contribution in [1.82, 2.24) is 5.32 Å². The molecule has 0 atom stereocenters. The molecule has 0 radical (unpaired) electrons. The second-order valence-corrected chi connectivity index (χ2v) is 5.06. The van der Waals surface area contributed by atoms with Crippen LogP contribution in [0.25, 0.3) is 0 Å². The van der Waals surface area contributed by atoms with Crippen LogP contribution >= 0.6 is 0 Å². The summed E-state index contributed by atoms with van der Waals surface area (Å²) in [6, 6.07) is 5.93. The second kappa shape index (κ2) is 6.57. The molecule has 19 heavy (non-hydrogen) atoms. The van der Waals surface area contributed by atoms with Crippen LogP contribution in [-0.2, 0) is 6.42 Å². The van der Waals surface area contributed by atoms with Crippen molar-refractivity contribution in [3.63, 3.8) is 0 Å². The first-order chi connectivity index (χ1) is 9.22. The van der Waals surface area contributed by atoms with Crippen molar-refractivity contribution < 1.29 is 9.90 Å². The number of amides is 1. The Morgan fingerprint density at radius 3 is 3.00 bits per heavy atom. The van der Waals surface area contributed by atoms with Gasteiger partial charge >= 0.3 is 0 Å². The summed E-state index contributed by atoms with van der Waals surface area (Å²) < 4.78 is 0. The zero-order chi connectivity index (χ0) is 13.7. The monoisotopic (exact) mass is 262 g/mol. The zero-order valence-corrected chi connectivity index (χ0v) is 11.5. The van der Waals surface area contributed by atoms with E-state index >= 15 is 0 Å². The molecule has 0 saturated heterocycles. The van der Waals surface area contributed by atoms with Gasteiger partial charge in [0.15, 0.2) is 0 Å². The average Bonchev–Trinajstić information content (AvgIpc) is 2.79. The molecule has 0 aliphatic carbocycles. The van der Waals surface area contributed by atoms with E-state index in [1.807, 2.05) is 18.2 Å². The molecule has 0 bridgehead atoms. The van der Waals surface area contributed by atoms with Gasteiger partial charge in [0.25, 0.3) is 5.91 Å². The molecule has 0 spiro atoms. The van der Waals surface area contributed by atoms with Crippen molar-refractivity contribution in [2.24, 2.45) is 0 Å². The third-order valence-electron chi connectivity index (χ3n) is 3.59. The van der Waals surface area contributed by atoms with Crippen LogP contribution in [-0.4, -0.2) is 37.8 Å². The lowest BCUT2D eigenvalue weighted by Crippen LogP contribution is -2.24. The summed E-state index contributed by atoms with van der Waals surface area (Å²) in [6.45, 7) is 1.93. The molecule has 1 aliphatic rings. The van der Waals surface area contributed by atoms with E-state index in [0.717, 1.165) is 37.8 Å². The maximum Gasteiger partial charge on any atom is 0.251 e. The lowest BCUT2D eigenvalue weighted by molar-refractivity contribution is 0.0953. The fourth-order valence-electron chi connectivity index (χ4n) is 2.43. The van der Waals surface area contributed by atoms with Gasteiger partial charge in [-0.05, 0) is 49.4 Å². The van der Waals surface area contributed by atoms with Crippen LogP contribution in [0.4, 0.5) is 5.69 Å². The Bertz CT molecular complexity index is 446. The predicted octanol–water partition coefficient (Wildman–Crippen LogP) is 1.57. The number of aliphatic hydroxyl groups is 1. The third-order valence-corrected chi connectivity index (χ3v) is 3.59. The highest BCUT2D eigenvalue weighted by Crippen LogP contribution is 2.27. The van der Waals surface area contributed by atoms with Crippen molar-refractivity contribution in [2.45, 2.75) is 25.7 Å². The first kappa shape index (κ1) is 13.9. The molecule has 1 aliphatic heterocycles. The van der Waals surface area contributed by atoms with E-state index in [1.54, 1.807) is 0 Å². The smallest absolute Gasteiger partial charge is 0.251 e. The summed E-state index contributed by atoms with van der Waals surface area (Å²) in [5.41, 5.74) is 3.24. The topological polar surface area (TPSA) is 52.6 Å². The van der Waals surface area contributed by atoms with E-state index in [9.17, 15) is 4.79 Å². The van der Waals surface area contributed by atoms with Gasteiger partial charge < -0.3 is 15.3 Å². The Labute approximate surface area is 114 Å². The van der Waals surface area contributed by atoms with E-state index in [2.05, 4.69) is 17.3 Å². The normalized spacial score (nSPS) is 13.5. The number of nitrogens with one attached hydrogen (secondary N) is 1. The number of hydrogen-bond acceptors (Lipinski definition) is 3. The predicted molar refractivity (Wildman–Crippen MR) is 76.7 cm³/mol. The van der Waals surface area contributed by atoms with Crippen LogP contribution in [0, 0.1) is 0 Å². The number of carbonyl (C=O) groups excluding carboxylic acids is 1. The lowest BCUT2D eigenvalue weighted by Gasteiger charge is -2.12. The molecular weight excluding hydrogens is 240 g/mol. The van der Waals surface area contributed by atoms with E-state index in [-0.39, 0.29) is 12.5 Å². The number of benzene rings is 1. The Morgan fingerprint density at radius 1 is 1.37 bits per heavy atom. The van der Waals surface area contributed by atoms with Crippen molar-refractivity contribution in [1.29, 1.82) is 0 Å². The number of anilines is 1. The minimum Gasteiger partial charge on any atom is -0.396 e. The van der Waals surface area contributed by atoms with Gasteiger partial charge in [-0.1, -0.05) is 0 Å². The first-order valence-corrected chi connectivity index (χ1v) is 6.95. The van der Waals surface area contributed by atoms with Gasteiger partial charge in [0.2, 0.25) is 0 Å². The summed E-state index contributed by atoms with van der Waals surface area (Å²) in [7, 11) is 2.08. The van der Waals surface area contributed by atoms with Crippen LogP contribution < -0.4 is 10.2 Å². The van der Waals surface area contributed by atoms with Crippen molar-refractivity contribution in [2.75, 3.05) is 31.6 Å². The van der Waals surface area contributed by atoms with Crippen molar-refractivity contribution in [3.05, 3.63) is 29.3 Å². The Balaban J connectivity index is 1.86. The molecule has 0 unspecified atom stereocenters.